The summed E-state index contributed by atoms with van der Waals surface area (Å²) in [5, 5.41) is 9.65. The number of hydrogen-bond acceptors (Lipinski definition) is 6. The molecule has 1 amide bonds. The molecule has 2 fully saturated rings. The molecule has 15 heteroatoms. The van der Waals surface area contributed by atoms with E-state index in [1.54, 1.807) is 6.92 Å². The van der Waals surface area contributed by atoms with Gasteiger partial charge in [-0.25, -0.2) is 0 Å². The van der Waals surface area contributed by atoms with Gasteiger partial charge in [0, 0.05) is 25.2 Å². The molecule has 2 saturated carbocycles. The number of rotatable bonds is 12. The van der Waals surface area contributed by atoms with E-state index in [2.05, 4.69) is 5.32 Å². The fourth-order valence-corrected chi connectivity index (χ4v) is 5.77. The maximum absolute atomic E-state index is 14.3. The lowest BCUT2D eigenvalue weighted by Gasteiger charge is -2.32. The van der Waals surface area contributed by atoms with Gasteiger partial charge in [0.25, 0.3) is 5.91 Å². The summed E-state index contributed by atoms with van der Waals surface area (Å²) in [5.74, 6) is -3.06. The zero-order valence-electron chi connectivity index (χ0n) is 23.1. The normalized spacial score (nSPS) is 20.5. The lowest BCUT2D eigenvalue weighted by Crippen LogP contribution is -2.46. The fraction of sp³-hybridized carbons (Fsp3) is 0.571. The maximum Gasteiger partial charge on any atom is 0.431 e. The van der Waals surface area contributed by atoms with Crippen molar-refractivity contribution in [2.24, 2.45) is 11.3 Å². The molecule has 2 aliphatic carbocycles. The molecule has 1 aromatic carbocycles. The van der Waals surface area contributed by atoms with Gasteiger partial charge in [-0.2, -0.15) is 26.3 Å². The summed E-state index contributed by atoms with van der Waals surface area (Å²) >= 11 is 12.1. The van der Waals surface area contributed by atoms with Gasteiger partial charge in [-0.3, -0.25) is 14.4 Å². The Hall–Kier alpha value is -2.80. The minimum absolute atomic E-state index is 0.102. The van der Waals surface area contributed by atoms with Crippen LogP contribution in [0.3, 0.4) is 0 Å². The van der Waals surface area contributed by atoms with Crippen LogP contribution >= 0.6 is 23.2 Å². The molecule has 0 heterocycles. The van der Waals surface area contributed by atoms with E-state index in [9.17, 15) is 40.7 Å². The molecule has 0 unspecified atom stereocenters. The first-order chi connectivity index (χ1) is 20.0. The number of alkyl halides is 6. The van der Waals surface area contributed by atoms with Gasteiger partial charge in [0.05, 0.1) is 39.7 Å². The molecule has 43 heavy (non-hydrogen) atoms. The van der Waals surface area contributed by atoms with Gasteiger partial charge in [0.15, 0.2) is 5.78 Å². The molecule has 2 N–H and O–H groups in total. The highest BCUT2D eigenvalue weighted by Gasteiger charge is 2.64. The third-order valence-corrected chi connectivity index (χ3v) is 8.33. The average Bonchev–Trinajstić information content (AvgIpc) is 3.69. The summed E-state index contributed by atoms with van der Waals surface area (Å²) in [5.41, 5.74) is -5.53. The Kier molecular flexibility index (Phi) is 11.2. The van der Waals surface area contributed by atoms with Gasteiger partial charge in [-0.15, -0.1) is 0 Å². The van der Waals surface area contributed by atoms with E-state index in [0.29, 0.717) is 17.7 Å². The Balaban J connectivity index is 1.91. The van der Waals surface area contributed by atoms with Crippen LogP contribution in [0.5, 0.6) is 0 Å². The average molecular weight is 658 g/mol. The standard InChI is InChI=1S/C28H31Cl2F6N3O4/c1-2-43-22(41)12-16-6-8-17(9-7-16)38-24(27(31,32)33)18(13-37)25(42)39(15-26(10-11-26)28(34,35)36)14-21(40)23-19(29)4-3-5-20(23)30/h3-5,13,16-17,37-38H,2,6-12,14-15H2,1H3/b24-18+,37-13?/t16-,17+. The van der Waals surface area contributed by atoms with Crippen LogP contribution in [-0.4, -0.2) is 66.9 Å². The van der Waals surface area contributed by atoms with Crippen molar-refractivity contribution in [3.63, 3.8) is 0 Å². The van der Waals surface area contributed by atoms with Gasteiger partial charge in [0.2, 0.25) is 0 Å². The van der Waals surface area contributed by atoms with Crippen LogP contribution < -0.4 is 5.32 Å². The van der Waals surface area contributed by atoms with Crippen molar-refractivity contribution in [3.05, 3.63) is 45.1 Å². The van der Waals surface area contributed by atoms with Gasteiger partial charge in [0.1, 0.15) is 5.70 Å². The van der Waals surface area contributed by atoms with E-state index >= 15 is 0 Å². The number of benzene rings is 1. The summed E-state index contributed by atoms with van der Waals surface area (Å²) < 4.78 is 89.4. The summed E-state index contributed by atoms with van der Waals surface area (Å²) in [7, 11) is 0. The maximum atomic E-state index is 14.3. The first-order valence-electron chi connectivity index (χ1n) is 13.6. The van der Waals surface area contributed by atoms with Crippen LogP contribution in [0.1, 0.15) is 62.2 Å². The van der Waals surface area contributed by atoms with E-state index in [4.69, 9.17) is 33.3 Å². The number of ether oxygens (including phenoxy) is 1. The van der Waals surface area contributed by atoms with Gasteiger partial charge < -0.3 is 20.4 Å². The Labute approximate surface area is 254 Å². The Morgan fingerprint density at radius 2 is 1.65 bits per heavy atom. The summed E-state index contributed by atoms with van der Waals surface area (Å²) in [6, 6.07) is 3.20. The summed E-state index contributed by atoms with van der Waals surface area (Å²) in [6.07, 6.45) is -9.32. The Morgan fingerprint density at radius 3 is 2.12 bits per heavy atom. The minimum Gasteiger partial charge on any atom is -0.466 e. The highest BCUT2D eigenvalue weighted by Crippen LogP contribution is 2.58. The second-order valence-corrected chi connectivity index (χ2v) is 11.6. The monoisotopic (exact) mass is 657 g/mol. The molecule has 0 aromatic heterocycles. The van der Waals surface area contributed by atoms with E-state index in [-0.39, 0.29) is 66.5 Å². The molecule has 7 nitrogen and oxygen atoms in total. The molecule has 0 bridgehead atoms. The quantitative estimate of drug-likeness (QED) is 0.0836. The summed E-state index contributed by atoms with van der Waals surface area (Å²) in [4.78, 5) is 38.8. The summed E-state index contributed by atoms with van der Waals surface area (Å²) in [6.45, 7) is -0.289. The zero-order valence-corrected chi connectivity index (χ0v) is 24.7. The molecule has 2 aliphatic rings. The molecule has 1 aromatic rings. The number of carbonyl (C=O) groups excluding carboxylic acids is 3. The number of esters is 1. The molecule has 238 valence electrons. The van der Waals surface area contributed by atoms with E-state index in [0.717, 1.165) is 0 Å². The number of allylic oxidation sites excluding steroid dienone is 1. The first-order valence-corrected chi connectivity index (χ1v) is 14.4. The topological polar surface area (TPSA) is 99.6 Å². The van der Waals surface area contributed by atoms with Gasteiger partial charge >= 0.3 is 18.3 Å². The highest BCUT2D eigenvalue weighted by atomic mass is 35.5. The van der Waals surface area contributed by atoms with Crippen molar-refractivity contribution in [1.82, 2.24) is 10.2 Å². The van der Waals surface area contributed by atoms with Crippen molar-refractivity contribution < 1.29 is 45.5 Å². The van der Waals surface area contributed by atoms with Crippen molar-refractivity contribution in [2.75, 3.05) is 19.7 Å². The van der Waals surface area contributed by atoms with Crippen molar-refractivity contribution in [1.29, 1.82) is 5.41 Å². The van der Waals surface area contributed by atoms with E-state index in [1.807, 2.05) is 0 Å². The zero-order chi connectivity index (χ0) is 32.2. The van der Waals surface area contributed by atoms with E-state index < -0.39 is 65.8 Å². The second kappa shape index (κ2) is 13.9. The van der Waals surface area contributed by atoms with Crippen LogP contribution in [0.4, 0.5) is 26.3 Å². The van der Waals surface area contributed by atoms with Crippen LogP contribution in [0.2, 0.25) is 10.0 Å². The first kappa shape index (κ1) is 34.7. The number of halogens is 8. The molecule has 0 atom stereocenters. The van der Waals surface area contributed by atoms with Crippen molar-refractivity contribution in [3.8, 4) is 0 Å². The largest absolute Gasteiger partial charge is 0.466 e. The molecule has 0 radical (unpaired) electrons. The Bertz CT molecular complexity index is 1240. The number of nitrogens with zero attached hydrogens (tertiary/aromatic N) is 1. The third-order valence-electron chi connectivity index (χ3n) is 7.70. The number of hydrogen-bond donors (Lipinski definition) is 2. The van der Waals surface area contributed by atoms with Crippen molar-refractivity contribution >= 4 is 47.1 Å². The van der Waals surface area contributed by atoms with Crippen LogP contribution in [0, 0.1) is 16.7 Å². The highest BCUT2D eigenvalue weighted by molar-refractivity contribution is 6.40. The number of amides is 1. The van der Waals surface area contributed by atoms with Crippen LogP contribution in [0.15, 0.2) is 29.5 Å². The molecule has 0 saturated heterocycles. The van der Waals surface area contributed by atoms with E-state index in [1.165, 1.54) is 18.2 Å². The molecule has 0 aliphatic heterocycles. The number of carbonyl (C=O) groups is 3. The number of nitrogens with one attached hydrogen (secondary N) is 2. The van der Waals surface area contributed by atoms with Crippen LogP contribution in [-0.2, 0) is 14.3 Å². The van der Waals surface area contributed by atoms with Crippen LogP contribution in [0.25, 0.3) is 0 Å². The Morgan fingerprint density at radius 1 is 1.07 bits per heavy atom. The second-order valence-electron chi connectivity index (χ2n) is 10.8. The van der Waals surface area contributed by atoms with Gasteiger partial charge in [-0.1, -0.05) is 29.3 Å². The fourth-order valence-electron chi connectivity index (χ4n) is 5.16. The smallest absolute Gasteiger partial charge is 0.431 e. The lowest BCUT2D eigenvalue weighted by atomic mass is 9.84. The molecular formula is C28H31Cl2F6N3O4. The minimum atomic E-state index is -5.19. The predicted octanol–water partition coefficient (Wildman–Crippen LogP) is 6.91. The molecule has 3 rings (SSSR count). The predicted molar refractivity (Wildman–Crippen MR) is 147 cm³/mol. The number of Topliss-reactive ketones (excluding diaryl/α,β-unsaturated/α-hetero) is 1. The molecule has 0 spiro atoms. The van der Waals surface area contributed by atoms with Gasteiger partial charge in [-0.05, 0) is 63.5 Å². The number of ketones is 1. The van der Waals surface area contributed by atoms with Crippen molar-refractivity contribution in [2.45, 2.75) is 70.3 Å². The molecular weight excluding hydrogens is 627 g/mol. The third kappa shape index (κ3) is 8.65. The lowest BCUT2D eigenvalue weighted by molar-refractivity contribution is -0.192. The SMILES string of the molecule is CCOC(=O)C[C@H]1CC[C@@H](N/C(=C(\C=N)C(=O)N(CC(=O)c2c(Cl)cccc2Cl)CC2(C(F)(F)F)CC2)C(F)(F)F)CC1.